The third kappa shape index (κ3) is 2.25. The van der Waals surface area contributed by atoms with E-state index in [4.69, 9.17) is 11.6 Å². The van der Waals surface area contributed by atoms with Crippen LogP contribution in [0.4, 0.5) is 8.78 Å². The minimum absolute atomic E-state index is 0.0817. The fourth-order valence-electron chi connectivity index (χ4n) is 2.26. The van der Waals surface area contributed by atoms with E-state index in [0.717, 1.165) is 5.56 Å². The molecule has 0 N–H and O–H groups in total. The molecule has 3 rings (SSSR count). The first kappa shape index (κ1) is 13.9. The highest BCUT2D eigenvalue weighted by Gasteiger charge is 2.16. The second-order valence-electron chi connectivity index (χ2n) is 4.86. The largest absolute Gasteiger partial charge is 0.225 e. The number of nitrogens with zero attached hydrogens (tertiary/aromatic N) is 2. The van der Waals surface area contributed by atoms with E-state index in [9.17, 15) is 8.78 Å². The molecule has 3 aromatic rings. The first-order valence-electron chi connectivity index (χ1n) is 6.37. The highest BCUT2D eigenvalue weighted by Crippen LogP contribution is 2.30. The zero-order valence-electron chi connectivity index (χ0n) is 11.4. The molecule has 0 atom stereocenters. The van der Waals surface area contributed by atoms with E-state index in [1.807, 2.05) is 0 Å². The number of hydrogen-bond acceptors (Lipinski definition) is 2. The Hall–Kier alpha value is -2.07. The molecule has 0 unspecified atom stereocenters. The van der Waals surface area contributed by atoms with Gasteiger partial charge < -0.3 is 0 Å². The highest BCUT2D eigenvalue weighted by atomic mass is 35.5. The molecule has 2 aromatic carbocycles. The van der Waals surface area contributed by atoms with Gasteiger partial charge in [-0.25, -0.2) is 18.7 Å². The quantitative estimate of drug-likeness (QED) is 0.601. The summed E-state index contributed by atoms with van der Waals surface area (Å²) >= 11 is 6.14. The van der Waals surface area contributed by atoms with E-state index in [-0.39, 0.29) is 22.1 Å². The monoisotopic (exact) mass is 304 g/mol. The van der Waals surface area contributed by atoms with Gasteiger partial charge in [0.25, 0.3) is 0 Å². The Morgan fingerprint density at radius 2 is 1.71 bits per heavy atom. The van der Waals surface area contributed by atoms with Crippen molar-refractivity contribution in [1.82, 2.24) is 9.97 Å². The number of aromatic nitrogens is 2. The minimum atomic E-state index is -0.505. The summed E-state index contributed by atoms with van der Waals surface area (Å²) in [6, 6.07) is 7.82. The Balaban J connectivity index is 2.36. The molecule has 106 valence electrons. The summed E-state index contributed by atoms with van der Waals surface area (Å²) in [6.07, 6.45) is 0. The molecule has 1 heterocycles. The lowest BCUT2D eigenvalue weighted by atomic mass is 10.1. The van der Waals surface area contributed by atoms with E-state index in [0.29, 0.717) is 10.9 Å². The van der Waals surface area contributed by atoms with Gasteiger partial charge in [0.1, 0.15) is 22.3 Å². The van der Waals surface area contributed by atoms with Crippen LogP contribution in [-0.4, -0.2) is 9.97 Å². The van der Waals surface area contributed by atoms with Crippen LogP contribution in [0.5, 0.6) is 0 Å². The maximum Gasteiger partial charge on any atom is 0.164 e. The molecule has 1 aromatic heterocycles. The van der Waals surface area contributed by atoms with E-state index in [1.54, 1.807) is 38.1 Å². The van der Waals surface area contributed by atoms with Crippen molar-refractivity contribution in [2.75, 3.05) is 0 Å². The number of benzene rings is 2. The van der Waals surface area contributed by atoms with Gasteiger partial charge >= 0.3 is 0 Å². The number of aryl methyl sites for hydroxylation is 2. The van der Waals surface area contributed by atoms with Crippen molar-refractivity contribution in [1.29, 1.82) is 0 Å². The molecule has 0 saturated carbocycles. The standard InChI is InChI=1S/C16H11ClF2N2/c1-8-6-7-11(18)14-12(8)15(17)21-16(20-14)10-5-3-4-9(2)13(10)19/h3-7H,1-2H3. The van der Waals surface area contributed by atoms with Crippen LogP contribution in [-0.2, 0) is 0 Å². The molecule has 0 aliphatic rings. The lowest BCUT2D eigenvalue weighted by Gasteiger charge is -2.09. The number of fused-ring (bicyclic) bond motifs is 1. The van der Waals surface area contributed by atoms with Gasteiger partial charge in [0.2, 0.25) is 0 Å². The fourth-order valence-corrected chi connectivity index (χ4v) is 2.58. The molecule has 21 heavy (non-hydrogen) atoms. The first-order chi connectivity index (χ1) is 9.99. The predicted octanol–water partition coefficient (Wildman–Crippen LogP) is 4.85. The van der Waals surface area contributed by atoms with Gasteiger partial charge in [-0.3, -0.25) is 0 Å². The molecule has 0 bridgehead atoms. The van der Waals surface area contributed by atoms with Crippen LogP contribution in [0, 0.1) is 25.5 Å². The van der Waals surface area contributed by atoms with Crippen molar-refractivity contribution in [2.45, 2.75) is 13.8 Å². The Morgan fingerprint density at radius 3 is 2.48 bits per heavy atom. The lowest BCUT2D eigenvalue weighted by Crippen LogP contribution is -1.98. The Morgan fingerprint density at radius 1 is 0.952 bits per heavy atom. The van der Waals surface area contributed by atoms with Gasteiger partial charge in [-0.05, 0) is 37.1 Å². The van der Waals surface area contributed by atoms with E-state index in [1.165, 1.54) is 6.07 Å². The molecule has 5 heteroatoms. The highest BCUT2D eigenvalue weighted by molar-refractivity contribution is 6.34. The molecule has 0 saturated heterocycles. The van der Waals surface area contributed by atoms with Gasteiger partial charge in [0.05, 0.1) is 5.56 Å². The van der Waals surface area contributed by atoms with Gasteiger partial charge in [0, 0.05) is 5.39 Å². The maximum absolute atomic E-state index is 14.2. The second kappa shape index (κ2) is 5.04. The summed E-state index contributed by atoms with van der Waals surface area (Å²) in [5.74, 6) is -0.853. The van der Waals surface area contributed by atoms with Gasteiger partial charge in [-0.15, -0.1) is 0 Å². The number of hydrogen-bond donors (Lipinski definition) is 0. The third-order valence-corrected chi connectivity index (χ3v) is 3.67. The summed E-state index contributed by atoms with van der Waals surface area (Å²) in [6.45, 7) is 3.44. The van der Waals surface area contributed by atoms with Crippen LogP contribution in [0.25, 0.3) is 22.3 Å². The summed E-state index contributed by atoms with van der Waals surface area (Å²) in [4.78, 5) is 8.28. The van der Waals surface area contributed by atoms with Crippen LogP contribution in [0.1, 0.15) is 11.1 Å². The van der Waals surface area contributed by atoms with Crippen molar-refractivity contribution >= 4 is 22.5 Å². The van der Waals surface area contributed by atoms with E-state index < -0.39 is 11.6 Å². The van der Waals surface area contributed by atoms with Crippen molar-refractivity contribution in [3.8, 4) is 11.4 Å². The molecule has 2 nitrogen and oxygen atoms in total. The van der Waals surface area contributed by atoms with E-state index >= 15 is 0 Å². The maximum atomic E-state index is 14.2. The Kier molecular flexibility index (Phi) is 3.33. The van der Waals surface area contributed by atoms with Gasteiger partial charge in [-0.2, -0.15) is 0 Å². The predicted molar refractivity (Wildman–Crippen MR) is 79.4 cm³/mol. The summed E-state index contributed by atoms with van der Waals surface area (Å²) in [7, 11) is 0. The SMILES string of the molecule is Cc1cccc(-c2nc(Cl)c3c(C)ccc(F)c3n2)c1F. The number of rotatable bonds is 1. The first-order valence-corrected chi connectivity index (χ1v) is 6.74. The normalized spacial score (nSPS) is 11.1. The fraction of sp³-hybridized carbons (Fsp3) is 0.125. The van der Waals surface area contributed by atoms with Crippen LogP contribution in [0.15, 0.2) is 30.3 Å². The Bertz CT molecular complexity index is 863. The smallest absolute Gasteiger partial charge is 0.164 e. The zero-order valence-corrected chi connectivity index (χ0v) is 12.2. The molecule has 0 amide bonds. The lowest BCUT2D eigenvalue weighted by molar-refractivity contribution is 0.620. The molecule has 0 radical (unpaired) electrons. The molecule has 0 aliphatic carbocycles. The molecular formula is C16H11ClF2N2. The third-order valence-electron chi connectivity index (χ3n) is 3.40. The van der Waals surface area contributed by atoms with E-state index in [2.05, 4.69) is 9.97 Å². The molecule has 0 spiro atoms. The van der Waals surface area contributed by atoms with Crippen LogP contribution in [0.3, 0.4) is 0 Å². The zero-order chi connectivity index (χ0) is 15.1. The summed E-state index contributed by atoms with van der Waals surface area (Å²) in [5.41, 5.74) is 1.55. The average Bonchev–Trinajstić information content (AvgIpc) is 2.45. The topological polar surface area (TPSA) is 25.8 Å². The molecule has 0 fully saturated rings. The second-order valence-corrected chi connectivity index (χ2v) is 5.22. The number of halogens is 3. The van der Waals surface area contributed by atoms with Gasteiger partial charge in [-0.1, -0.05) is 29.8 Å². The van der Waals surface area contributed by atoms with Crippen LogP contribution >= 0.6 is 11.6 Å². The summed E-state index contributed by atoms with van der Waals surface area (Å²) < 4.78 is 28.2. The van der Waals surface area contributed by atoms with Crippen molar-refractivity contribution < 1.29 is 8.78 Å². The van der Waals surface area contributed by atoms with Gasteiger partial charge in [0.15, 0.2) is 5.82 Å². The molecular weight excluding hydrogens is 294 g/mol. The van der Waals surface area contributed by atoms with Crippen LogP contribution in [0.2, 0.25) is 5.15 Å². The van der Waals surface area contributed by atoms with Crippen molar-refractivity contribution in [3.05, 3.63) is 58.2 Å². The van der Waals surface area contributed by atoms with Crippen molar-refractivity contribution in [3.63, 3.8) is 0 Å². The Labute approximate surface area is 125 Å². The molecule has 0 aliphatic heterocycles. The van der Waals surface area contributed by atoms with Crippen LogP contribution < -0.4 is 0 Å². The average molecular weight is 305 g/mol. The minimum Gasteiger partial charge on any atom is -0.225 e. The van der Waals surface area contributed by atoms with Crippen molar-refractivity contribution in [2.24, 2.45) is 0 Å². The summed E-state index contributed by atoms with van der Waals surface area (Å²) in [5, 5.41) is 0.571.